The van der Waals surface area contributed by atoms with Gasteiger partial charge in [0.2, 0.25) is 5.91 Å². The summed E-state index contributed by atoms with van der Waals surface area (Å²) in [4.78, 5) is 16.1. The molecule has 2 N–H and O–H groups in total. The van der Waals surface area contributed by atoms with Crippen molar-refractivity contribution in [2.24, 2.45) is 5.92 Å². The van der Waals surface area contributed by atoms with Crippen molar-refractivity contribution >= 4 is 5.91 Å². The maximum absolute atomic E-state index is 11.8. The highest BCUT2D eigenvalue weighted by molar-refractivity contribution is 5.76. The molecular weight excluding hydrogens is 256 g/mol. The molecule has 0 aliphatic heterocycles. The van der Waals surface area contributed by atoms with Gasteiger partial charge in [-0.05, 0) is 12.8 Å². The Morgan fingerprint density at radius 1 is 1.45 bits per heavy atom. The summed E-state index contributed by atoms with van der Waals surface area (Å²) in [6.07, 6.45) is 3.58. The van der Waals surface area contributed by atoms with Gasteiger partial charge in [0.05, 0.1) is 18.6 Å². The first-order valence-corrected chi connectivity index (χ1v) is 7.02. The molecule has 1 unspecified atom stereocenters. The molecule has 0 aliphatic rings. The van der Waals surface area contributed by atoms with Crippen molar-refractivity contribution in [2.45, 2.75) is 39.9 Å². The average Bonchev–Trinajstić information content (AvgIpc) is 2.82. The van der Waals surface area contributed by atoms with Gasteiger partial charge in [-0.3, -0.25) is 4.79 Å². The van der Waals surface area contributed by atoms with Crippen LogP contribution in [0.25, 0.3) is 0 Å². The Morgan fingerprint density at radius 3 is 2.85 bits per heavy atom. The molecule has 0 aromatic carbocycles. The SMILES string of the molecule is COCCNCc1cn(CC(=O)NC(C)C(C)C)cn1. The molecule has 0 saturated carbocycles. The van der Waals surface area contributed by atoms with E-state index in [2.05, 4.69) is 29.5 Å². The van der Waals surface area contributed by atoms with Crippen LogP contribution in [-0.4, -0.2) is 41.8 Å². The van der Waals surface area contributed by atoms with Gasteiger partial charge in [0.1, 0.15) is 6.54 Å². The van der Waals surface area contributed by atoms with E-state index >= 15 is 0 Å². The van der Waals surface area contributed by atoms with Crippen LogP contribution < -0.4 is 10.6 Å². The lowest BCUT2D eigenvalue weighted by atomic mass is 10.1. The summed E-state index contributed by atoms with van der Waals surface area (Å²) in [5, 5.41) is 6.19. The highest BCUT2D eigenvalue weighted by Gasteiger charge is 2.11. The highest BCUT2D eigenvalue weighted by atomic mass is 16.5. The molecule has 6 heteroatoms. The number of nitrogens with zero attached hydrogens (tertiary/aromatic N) is 2. The second-order valence-corrected chi connectivity index (χ2v) is 5.31. The van der Waals surface area contributed by atoms with Crippen LogP contribution in [0.15, 0.2) is 12.5 Å². The van der Waals surface area contributed by atoms with E-state index in [-0.39, 0.29) is 11.9 Å². The van der Waals surface area contributed by atoms with Gasteiger partial charge in [0, 0.05) is 32.4 Å². The molecule has 0 spiro atoms. The zero-order valence-electron chi connectivity index (χ0n) is 12.8. The topological polar surface area (TPSA) is 68.2 Å². The van der Waals surface area contributed by atoms with Crippen molar-refractivity contribution in [3.05, 3.63) is 18.2 Å². The molecule has 114 valence electrons. The fourth-order valence-corrected chi connectivity index (χ4v) is 1.61. The van der Waals surface area contributed by atoms with Crippen molar-refractivity contribution < 1.29 is 9.53 Å². The van der Waals surface area contributed by atoms with Gasteiger partial charge in [-0.2, -0.15) is 0 Å². The maximum Gasteiger partial charge on any atom is 0.240 e. The van der Waals surface area contributed by atoms with E-state index in [4.69, 9.17) is 4.74 Å². The normalized spacial score (nSPS) is 12.7. The lowest BCUT2D eigenvalue weighted by Crippen LogP contribution is -2.37. The zero-order chi connectivity index (χ0) is 15.0. The first kappa shape index (κ1) is 16.7. The van der Waals surface area contributed by atoms with Gasteiger partial charge in [0.25, 0.3) is 0 Å². The van der Waals surface area contributed by atoms with Gasteiger partial charge >= 0.3 is 0 Å². The molecule has 0 aliphatic carbocycles. The summed E-state index contributed by atoms with van der Waals surface area (Å²) in [7, 11) is 1.67. The third-order valence-corrected chi connectivity index (χ3v) is 3.19. The number of ether oxygens (including phenoxy) is 1. The standard InChI is InChI=1S/C14H26N4O2/c1-11(2)12(3)17-14(19)9-18-8-13(16-10-18)7-15-5-6-20-4/h8,10-12,15H,5-7,9H2,1-4H3,(H,17,19). The molecular formula is C14H26N4O2. The number of imidazole rings is 1. The van der Waals surface area contributed by atoms with Crippen LogP contribution in [0.3, 0.4) is 0 Å². The number of methoxy groups -OCH3 is 1. The highest BCUT2D eigenvalue weighted by Crippen LogP contribution is 2.00. The van der Waals surface area contributed by atoms with Crippen molar-refractivity contribution in [2.75, 3.05) is 20.3 Å². The molecule has 1 aromatic heterocycles. The summed E-state index contributed by atoms with van der Waals surface area (Å²) in [5.41, 5.74) is 0.922. The Balaban J connectivity index is 2.34. The summed E-state index contributed by atoms with van der Waals surface area (Å²) in [6.45, 7) is 8.65. The molecule has 1 aromatic rings. The molecule has 6 nitrogen and oxygen atoms in total. The first-order valence-electron chi connectivity index (χ1n) is 7.02. The van der Waals surface area contributed by atoms with E-state index in [9.17, 15) is 4.79 Å². The number of rotatable bonds is 9. The van der Waals surface area contributed by atoms with Crippen LogP contribution in [0.5, 0.6) is 0 Å². The summed E-state index contributed by atoms with van der Waals surface area (Å²) < 4.78 is 6.75. The molecule has 1 heterocycles. The third-order valence-electron chi connectivity index (χ3n) is 3.19. The van der Waals surface area contributed by atoms with Gasteiger partial charge in [-0.25, -0.2) is 4.98 Å². The van der Waals surface area contributed by atoms with E-state index in [1.54, 1.807) is 18.0 Å². The lowest BCUT2D eigenvalue weighted by molar-refractivity contribution is -0.122. The Bertz CT molecular complexity index is 404. The Kier molecular flexibility index (Phi) is 7.25. The van der Waals surface area contributed by atoms with Crippen LogP contribution in [0, 0.1) is 5.92 Å². The van der Waals surface area contributed by atoms with E-state index in [0.717, 1.165) is 12.2 Å². The molecule has 20 heavy (non-hydrogen) atoms. The predicted molar refractivity (Wildman–Crippen MR) is 78.3 cm³/mol. The molecule has 0 saturated heterocycles. The van der Waals surface area contributed by atoms with Crippen molar-refractivity contribution in [1.29, 1.82) is 0 Å². The largest absolute Gasteiger partial charge is 0.383 e. The quantitative estimate of drug-likeness (QED) is 0.657. The molecule has 1 atom stereocenters. The minimum Gasteiger partial charge on any atom is -0.383 e. The molecule has 0 bridgehead atoms. The number of hydrogen-bond donors (Lipinski definition) is 2. The number of nitrogens with one attached hydrogen (secondary N) is 2. The van der Waals surface area contributed by atoms with Gasteiger partial charge in [-0.15, -0.1) is 0 Å². The smallest absolute Gasteiger partial charge is 0.240 e. The van der Waals surface area contributed by atoms with Crippen LogP contribution in [-0.2, 0) is 22.6 Å². The molecule has 0 radical (unpaired) electrons. The molecule has 1 rings (SSSR count). The van der Waals surface area contributed by atoms with E-state index < -0.39 is 0 Å². The maximum atomic E-state index is 11.8. The van der Waals surface area contributed by atoms with Crippen LogP contribution in [0.4, 0.5) is 0 Å². The Labute approximate surface area is 120 Å². The Morgan fingerprint density at radius 2 is 2.20 bits per heavy atom. The predicted octanol–water partition coefficient (Wildman–Crippen LogP) is 0.780. The van der Waals surface area contributed by atoms with Crippen molar-refractivity contribution in [3.63, 3.8) is 0 Å². The molecule has 0 fully saturated rings. The average molecular weight is 282 g/mol. The third kappa shape index (κ3) is 6.16. The summed E-state index contributed by atoms with van der Waals surface area (Å²) >= 11 is 0. The second-order valence-electron chi connectivity index (χ2n) is 5.31. The van der Waals surface area contributed by atoms with Gasteiger partial charge in [-0.1, -0.05) is 13.8 Å². The minimum atomic E-state index is 0.0162. The van der Waals surface area contributed by atoms with Crippen LogP contribution in [0.1, 0.15) is 26.5 Å². The van der Waals surface area contributed by atoms with Crippen LogP contribution >= 0.6 is 0 Å². The summed E-state index contributed by atoms with van der Waals surface area (Å²) in [6, 6.07) is 0.182. The number of carbonyl (C=O) groups excluding carboxylic acids is 1. The number of aromatic nitrogens is 2. The van der Waals surface area contributed by atoms with Gasteiger partial charge < -0.3 is 19.9 Å². The van der Waals surface area contributed by atoms with E-state index in [1.165, 1.54) is 0 Å². The minimum absolute atomic E-state index is 0.0162. The fourth-order valence-electron chi connectivity index (χ4n) is 1.61. The number of carbonyl (C=O) groups is 1. The van der Waals surface area contributed by atoms with E-state index in [0.29, 0.717) is 25.6 Å². The monoisotopic (exact) mass is 282 g/mol. The summed E-state index contributed by atoms with van der Waals surface area (Å²) in [5.74, 6) is 0.449. The second kappa shape index (κ2) is 8.71. The van der Waals surface area contributed by atoms with Gasteiger partial charge in [0.15, 0.2) is 0 Å². The Hall–Kier alpha value is -1.40. The van der Waals surface area contributed by atoms with Crippen molar-refractivity contribution in [3.8, 4) is 0 Å². The van der Waals surface area contributed by atoms with Crippen molar-refractivity contribution in [1.82, 2.24) is 20.2 Å². The lowest BCUT2D eigenvalue weighted by Gasteiger charge is -2.17. The first-order chi connectivity index (χ1) is 9.52. The number of amides is 1. The van der Waals surface area contributed by atoms with E-state index in [1.807, 2.05) is 13.1 Å². The van der Waals surface area contributed by atoms with Crippen LogP contribution in [0.2, 0.25) is 0 Å². The number of hydrogen-bond acceptors (Lipinski definition) is 4. The zero-order valence-corrected chi connectivity index (χ0v) is 12.8. The molecule has 1 amide bonds. The fraction of sp³-hybridized carbons (Fsp3) is 0.714.